The van der Waals surface area contributed by atoms with Gasteiger partial charge in [0.1, 0.15) is 11.8 Å². The zero-order chi connectivity index (χ0) is 18.7. The van der Waals surface area contributed by atoms with E-state index in [1.165, 1.54) is 26.9 Å². The highest BCUT2D eigenvalue weighted by atomic mass is 32.2. The number of hydrogen-bond acceptors (Lipinski definition) is 7. The Bertz CT molecular complexity index is 734. The molecule has 2 aliphatic rings. The highest BCUT2D eigenvalue weighted by Gasteiger charge is 2.41. The van der Waals surface area contributed by atoms with E-state index in [4.69, 9.17) is 4.42 Å². The number of methoxy groups -OCH3 is 1. The highest BCUT2D eigenvalue weighted by molar-refractivity contribution is 8.18. The minimum absolute atomic E-state index is 0.238. The Hall–Kier alpha value is -2.22. The first kappa shape index (κ1) is 18.6. The fourth-order valence-corrected chi connectivity index (χ4v) is 3.99. The third kappa shape index (κ3) is 3.80. The average Bonchev–Trinajstić information content (AvgIpc) is 3.07. The summed E-state index contributed by atoms with van der Waals surface area (Å²) in [5, 5.41) is -0.488. The topological polar surface area (TPSA) is 80.1 Å². The number of carbonyl (C=O) groups is 3. The van der Waals surface area contributed by atoms with Crippen molar-refractivity contribution in [1.82, 2.24) is 4.90 Å². The highest BCUT2D eigenvalue weighted by Crippen LogP contribution is 2.34. The number of ether oxygens (including phenoxy) is 1. The van der Waals surface area contributed by atoms with Gasteiger partial charge in [-0.2, -0.15) is 0 Å². The fourth-order valence-electron chi connectivity index (χ4n) is 3.10. The molecule has 1 aromatic rings. The molecule has 7 nitrogen and oxygen atoms in total. The van der Waals surface area contributed by atoms with Gasteiger partial charge in [0, 0.05) is 25.2 Å². The number of amides is 2. The summed E-state index contributed by atoms with van der Waals surface area (Å²) in [5.74, 6) is 0.154. The number of furan rings is 1. The Labute approximate surface area is 156 Å². The van der Waals surface area contributed by atoms with E-state index in [0.29, 0.717) is 5.76 Å². The van der Waals surface area contributed by atoms with E-state index < -0.39 is 23.2 Å². The summed E-state index contributed by atoms with van der Waals surface area (Å²) in [7, 11) is 1.22. The third-order valence-electron chi connectivity index (χ3n) is 4.56. The zero-order valence-corrected chi connectivity index (χ0v) is 15.7. The summed E-state index contributed by atoms with van der Waals surface area (Å²) in [6, 6.07) is 2.72. The Morgan fingerprint density at radius 2 is 1.92 bits per heavy atom. The Kier molecular flexibility index (Phi) is 5.70. The number of imide groups is 1. The van der Waals surface area contributed by atoms with Crippen LogP contribution in [0, 0.1) is 0 Å². The molecular formula is C18H22N2O5S. The van der Waals surface area contributed by atoms with Crippen molar-refractivity contribution in [2.45, 2.75) is 38.6 Å². The molecule has 0 saturated carbocycles. The number of esters is 1. The largest absolute Gasteiger partial charge is 0.467 e. The maximum absolute atomic E-state index is 12.5. The van der Waals surface area contributed by atoms with E-state index in [1.807, 2.05) is 6.07 Å². The van der Waals surface area contributed by atoms with Crippen molar-refractivity contribution >= 4 is 40.8 Å². The van der Waals surface area contributed by atoms with Gasteiger partial charge >= 0.3 is 5.97 Å². The smallest absolute Gasteiger partial charge is 0.328 e. The SMILES string of the molecule is COC(=O)C(C)N1C(=O)S/C(=C/c2ccc(N3CCCCCC3)o2)C1=O. The second-order valence-corrected chi connectivity index (χ2v) is 7.32. The maximum atomic E-state index is 12.5. The average molecular weight is 378 g/mol. The first-order chi connectivity index (χ1) is 12.5. The normalized spacial score (nSPS) is 21.2. The van der Waals surface area contributed by atoms with Gasteiger partial charge in [-0.05, 0) is 37.6 Å². The van der Waals surface area contributed by atoms with Crippen molar-refractivity contribution in [2.24, 2.45) is 0 Å². The van der Waals surface area contributed by atoms with Crippen LogP contribution >= 0.6 is 11.8 Å². The third-order valence-corrected chi connectivity index (χ3v) is 5.44. The lowest BCUT2D eigenvalue weighted by atomic mass is 10.2. The molecule has 0 spiro atoms. The van der Waals surface area contributed by atoms with Crippen molar-refractivity contribution in [3.05, 3.63) is 22.8 Å². The first-order valence-corrected chi connectivity index (χ1v) is 9.52. The molecule has 1 aromatic heterocycles. The lowest BCUT2D eigenvalue weighted by molar-refractivity contribution is -0.148. The molecule has 2 saturated heterocycles. The molecule has 1 unspecified atom stereocenters. The molecule has 0 bridgehead atoms. The van der Waals surface area contributed by atoms with E-state index in [9.17, 15) is 14.4 Å². The summed E-state index contributed by atoms with van der Waals surface area (Å²) in [4.78, 5) is 39.6. The first-order valence-electron chi connectivity index (χ1n) is 8.71. The minimum atomic E-state index is -0.956. The van der Waals surface area contributed by atoms with Crippen LogP contribution in [0.15, 0.2) is 21.5 Å². The molecule has 26 heavy (non-hydrogen) atoms. The van der Waals surface area contributed by atoms with Gasteiger partial charge in [0.25, 0.3) is 11.1 Å². The van der Waals surface area contributed by atoms with Crippen molar-refractivity contribution in [1.29, 1.82) is 0 Å². The van der Waals surface area contributed by atoms with Crippen LogP contribution in [0.5, 0.6) is 0 Å². The van der Waals surface area contributed by atoms with Gasteiger partial charge in [0.2, 0.25) is 0 Å². The molecule has 8 heteroatoms. The molecule has 0 aliphatic carbocycles. The second kappa shape index (κ2) is 7.99. The summed E-state index contributed by atoms with van der Waals surface area (Å²) in [6.07, 6.45) is 6.29. The number of hydrogen-bond donors (Lipinski definition) is 0. The number of rotatable bonds is 4. The number of thioether (sulfide) groups is 1. The number of anilines is 1. The summed E-state index contributed by atoms with van der Waals surface area (Å²) >= 11 is 0.798. The monoisotopic (exact) mass is 378 g/mol. The van der Waals surface area contributed by atoms with E-state index in [0.717, 1.165) is 48.5 Å². The van der Waals surface area contributed by atoms with E-state index in [1.54, 1.807) is 12.1 Å². The van der Waals surface area contributed by atoms with Crippen LogP contribution in [0.1, 0.15) is 38.4 Å². The van der Waals surface area contributed by atoms with Gasteiger partial charge < -0.3 is 14.1 Å². The molecule has 2 fully saturated rings. The summed E-state index contributed by atoms with van der Waals surface area (Å²) < 4.78 is 10.5. The van der Waals surface area contributed by atoms with Gasteiger partial charge in [0.15, 0.2) is 5.88 Å². The Balaban J connectivity index is 1.75. The predicted octanol–water partition coefficient (Wildman–Crippen LogP) is 3.26. The van der Waals surface area contributed by atoms with Crippen LogP contribution < -0.4 is 4.90 Å². The molecule has 0 radical (unpaired) electrons. The molecule has 0 aromatic carbocycles. The van der Waals surface area contributed by atoms with E-state index in [-0.39, 0.29) is 4.91 Å². The summed E-state index contributed by atoms with van der Waals surface area (Å²) in [6.45, 7) is 3.38. The van der Waals surface area contributed by atoms with Crippen LogP contribution in [0.3, 0.4) is 0 Å². The summed E-state index contributed by atoms with van der Waals surface area (Å²) in [5.41, 5.74) is 0. The lowest BCUT2D eigenvalue weighted by Crippen LogP contribution is -2.42. The predicted molar refractivity (Wildman–Crippen MR) is 98.7 cm³/mol. The van der Waals surface area contributed by atoms with Crippen molar-refractivity contribution in [2.75, 3.05) is 25.1 Å². The van der Waals surface area contributed by atoms with E-state index >= 15 is 0 Å². The molecule has 0 N–H and O–H groups in total. The van der Waals surface area contributed by atoms with Gasteiger partial charge in [-0.3, -0.25) is 14.5 Å². The van der Waals surface area contributed by atoms with Gasteiger partial charge in [0.05, 0.1) is 12.0 Å². The fraction of sp³-hybridized carbons (Fsp3) is 0.500. The lowest BCUT2D eigenvalue weighted by Gasteiger charge is -2.18. The molecule has 1 atom stereocenters. The number of nitrogens with zero attached hydrogens (tertiary/aromatic N) is 2. The Morgan fingerprint density at radius 1 is 1.23 bits per heavy atom. The van der Waals surface area contributed by atoms with Crippen molar-refractivity contribution in [3.63, 3.8) is 0 Å². The standard InChI is InChI=1S/C18H22N2O5S/c1-12(17(22)24-2)20-16(21)14(26-18(20)23)11-13-7-8-15(25-13)19-9-5-3-4-6-10-19/h7-8,11-12H,3-6,9-10H2,1-2H3/b14-11+. The molecule has 140 valence electrons. The molecule has 3 rings (SSSR count). The van der Waals surface area contributed by atoms with Crippen LogP contribution in [0.2, 0.25) is 0 Å². The molecule has 3 heterocycles. The Morgan fingerprint density at radius 3 is 2.58 bits per heavy atom. The number of carbonyl (C=O) groups excluding carboxylic acids is 3. The van der Waals surface area contributed by atoms with Crippen molar-refractivity contribution in [3.8, 4) is 0 Å². The molecule has 2 amide bonds. The zero-order valence-electron chi connectivity index (χ0n) is 14.9. The van der Waals surface area contributed by atoms with Crippen LogP contribution in [0.25, 0.3) is 6.08 Å². The quantitative estimate of drug-likeness (QED) is 0.588. The second-order valence-electron chi connectivity index (χ2n) is 6.33. The van der Waals surface area contributed by atoms with E-state index in [2.05, 4.69) is 9.64 Å². The van der Waals surface area contributed by atoms with Gasteiger partial charge in [-0.25, -0.2) is 4.79 Å². The minimum Gasteiger partial charge on any atom is -0.467 e. The van der Waals surface area contributed by atoms with Crippen LogP contribution in [0.4, 0.5) is 10.7 Å². The molecule has 2 aliphatic heterocycles. The maximum Gasteiger partial charge on any atom is 0.328 e. The van der Waals surface area contributed by atoms with Crippen LogP contribution in [-0.4, -0.2) is 48.3 Å². The van der Waals surface area contributed by atoms with Gasteiger partial charge in [-0.15, -0.1) is 0 Å². The van der Waals surface area contributed by atoms with Crippen molar-refractivity contribution < 1.29 is 23.5 Å². The van der Waals surface area contributed by atoms with Crippen LogP contribution in [-0.2, 0) is 14.3 Å². The molecular weight excluding hydrogens is 356 g/mol. The van der Waals surface area contributed by atoms with Gasteiger partial charge in [-0.1, -0.05) is 12.8 Å².